The molecule has 0 aliphatic carbocycles. The van der Waals surface area contributed by atoms with Gasteiger partial charge in [-0.2, -0.15) is 0 Å². The number of carbonyl (C=O) groups is 2. The Hall–Kier alpha value is -3.55. The van der Waals surface area contributed by atoms with E-state index in [1.165, 1.54) is 11.6 Å². The Morgan fingerprint density at radius 3 is 2.57 bits per heavy atom. The van der Waals surface area contributed by atoms with Crippen molar-refractivity contribution in [1.82, 2.24) is 20.2 Å². The molecule has 0 radical (unpaired) electrons. The minimum absolute atomic E-state index is 0.0782. The number of aryl methyl sites for hydroxylation is 1. The second-order valence-corrected chi connectivity index (χ2v) is 9.93. The second kappa shape index (κ2) is 12.1. The number of hydrogen-bond donors (Lipinski definition) is 2. The quantitative estimate of drug-likeness (QED) is 0.348. The van der Waals surface area contributed by atoms with Gasteiger partial charge < -0.3 is 15.2 Å². The third kappa shape index (κ3) is 6.61. The fraction of sp³-hybridized carbons (Fsp3) is 0.414. The Bertz CT molecular complexity index is 1180. The maximum absolute atomic E-state index is 13.9. The van der Waals surface area contributed by atoms with E-state index >= 15 is 0 Å². The van der Waals surface area contributed by atoms with Gasteiger partial charge in [0.25, 0.3) is 0 Å². The summed E-state index contributed by atoms with van der Waals surface area (Å²) in [5, 5.41) is 2.85. The highest BCUT2D eigenvalue weighted by Crippen LogP contribution is 2.39. The topological polar surface area (TPSA) is 78.1 Å². The molecule has 6 nitrogen and oxygen atoms in total. The van der Waals surface area contributed by atoms with Gasteiger partial charge in [0.05, 0.1) is 12.0 Å². The van der Waals surface area contributed by atoms with Gasteiger partial charge in [0.15, 0.2) is 11.6 Å². The molecule has 196 valence electrons. The van der Waals surface area contributed by atoms with Gasteiger partial charge in [0.2, 0.25) is 11.8 Å². The van der Waals surface area contributed by atoms with E-state index in [9.17, 15) is 18.4 Å². The van der Waals surface area contributed by atoms with Gasteiger partial charge in [-0.3, -0.25) is 9.59 Å². The van der Waals surface area contributed by atoms with Crippen molar-refractivity contribution in [3.8, 4) is 0 Å². The summed E-state index contributed by atoms with van der Waals surface area (Å²) in [6.07, 6.45) is 8.26. The predicted octanol–water partition coefficient (Wildman–Crippen LogP) is 4.71. The molecule has 0 bridgehead atoms. The van der Waals surface area contributed by atoms with Crippen LogP contribution in [0.4, 0.5) is 8.78 Å². The van der Waals surface area contributed by atoms with Crippen LogP contribution in [-0.4, -0.2) is 45.8 Å². The zero-order valence-electron chi connectivity index (χ0n) is 21.2. The van der Waals surface area contributed by atoms with Crippen LogP contribution in [0.15, 0.2) is 61.1 Å². The summed E-state index contributed by atoms with van der Waals surface area (Å²) in [5.74, 6) is -2.42. The van der Waals surface area contributed by atoms with Crippen molar-refractivity contribution in [2.24, 2.45) is 0 Å². The Balaban J connectivity index is 1.47. The molecule has 0 spiro atoms. The number of amides is 2. The number of aromatic amines is 1. The van der Waals surface area contributed by atoms with E-state index in [-0.39, 0.29) is 30.1 Å². The molecule has 1 saturated heterocycles. The van der Waals surface area contributed by atoms with Gasteiger partial charge in [-0.05, 0) is 36.1 Å². The Kier molecular flexibility index (Phi) is 8.69. The number of benzene rings is 2. The Morgan fingerprint density at radius 2 is 1.89 bits per heavy atom. The second-order valence-electron chi connectivity index (χ2n) is 9.93. The lowest BCUT2D eigenvalue weighted by Gasteiger charge is -2.52. The molecule has 2 N–H and O–H groups in total. The summed E-state index contributed by atoms with van der Waals surface area (Å²) < 4.78 is 27.4. The minimum atomic E-state index is -0.975. The number of likely N-dealkylation sites (tertiary alicyclic amines) is 1. The highest BCUT2D eigenvalue weighted by atomic mass is 19.2. The van der Waals surface area contributed by atoms with Crippen LogP contribution in [0.5, 0.6) is 0 Å². The number of hydrogen-bond acceptors (Lipinski definition) is 3. The summed E-state index contributed by atoms with van der Waals surface area (Å²) in [6.45, 7) is 3.30. The van der Waals surface area contributed by atoms with E-state index in [4.69, 9.17) is 0 Å². The molecular weight excluding hydrogens is 474 g/mol. The Labute approximate surface area is 216 Å². The SMILES string of the molecule is CCCCCC1(c2ccccc2)CN(C(=O)C(Cc2ccc(F)c(F)c2)NC(=O)CCc2c[nH]cn2)C1. The molecule has 37 heavy (non-hydrogen) atoms. The van der Waals surface area contributed by atoms with Crippen LogP contribution in [-0.2, 0) is 27.8 Å². The number of rotatable bonds is 12. The minimum Gasteiger partial charge on any atom is -0.351 e. The Morgan fingerprint density at radius 1 is 1.11 bits per heavy atom. The van der Waals surface area contributed by atoms with Gasteiger partial charge in [-0.1, -0.05) is 62.6 Å². The largest absolute Gasteiger partial charge is 0.351 e. The number of imidazole rings is 1. The number of nitrogens with one attached hydrogen (secondary N) is 2. The van der Waals surface area contributed by atoms with Crippen LogP contribution < -0.4 is 5.32 Å². The molecular formula is C29H34F2N4O2. The standard InChI is InChI=1S/C29H34F2N4O2/c1-2-3-7-14-29(22-8-5-4-6-9-22)18-35(19-29)28(37)26(16-21-10-12-24(30)25(31)15-21)34-27(36)13-11-23-17-32-20-33-23/h4-6,8-10,12,15,17,20,26H,2-3,7,11,13-14,16,18-19H2,1H3,(H,32,33)(H,34,36). The fourth-order valence-electron chi connectivity index (χ4n) is 5.09. The number of halogens is 2. The molecule has 1 aliphatic rings. The van der Waals surface area contributed by atoms with Gasteiger partial charge >= 0.3 is 0 Å². The van der Waals surface area contributed by atoms with Crippen LogP contribution in [0.2, 0.25) is 0 Å². The maximum Gasteiger partial charge on any atom is 0.245 e. The van der Waals surface area contributed by atoms with Crippen molar-refractivity contribution in [2.45, 2.75) is 63.3 Å². The molecule has 1 atom stereocenters. The van der Waals surface area contributed by atoms with E-state index in [0.29, 0.717) is 25.1 Å². The molecule has 4 rings (SSSR count). The lowest BCUT2D eigenvalue weighted by molar-refractivity contribution is -0.143. The summed E-state index contributed by atoms with van der Waals surface area (Å²) in [4.78, 5) is 35.1. The molecule has 1 unspecified atom stereocenters. The maximum atomic E-state index is 13.9. The lowest BCUT2D eigenvalue weighted by atomic mass is 9.70. The molecule has 3 aromatic rings. The summed E-state index contributed by atoms with van der Waals surface area (Å²) in [7, 11) is 0. The third-order valence-electron chi connectivity index (χ3n) is 7.16. The first kappa shape index (κ1) is 26.5. The summed E-state index contributed by atoms with van der Waals surface area (Å²) >= 11 is 0. The van der Waals surface area contributed by atoms with Crippen molar-refractivity contribution in [1.29, 1.82) is 0 Å². The van der Waals surface area contributed by atoms with E-state index in [1.807, 2.05) is 18.2 Å². The van der Waals surface area contributed by atoms with Crippen LogP contribution >= 0.6 is 0 Å². The first-order chi connectivity index (χ1) is 17.9. The number of H-pyrrole nitrogens is 1. The average molecular weight is 509 g/mol. The average Bonchev–Trinajstić information content (AvgIpc) is 3.40. The van der Waals surface area contributed by atoms with Crippen LogP contribution in [0.3, 0.4) is 0 Å². The molecule has 2 amide bonds. The zero-order valence-corrected chi connectivity index (χ0v) is 21.2. The van der Waals surface area contributed by atoms with Crippen LogP contribution in [0.1, 0.15) is 55.8 Å². The van der Waals surface area contributed by atoms with Crippen LogP contribution in [0, 0.1) is 11.6 Å². The molecule has 0 saturated carbocycles. The van der Waals surface area contributed by atoms with E-state index in [1.54, 1.807) is 17.4 Å². The van der Waals surface area contributed by atoms with Crippen molar-refractivity contribution in [3.63, 3.8) is 0 Å². The predicted molar refractivity (Wildman–Crippen MR) is 138 cm³/mol. The van der Waals surface area contributed by atoms with Gasteiger partial charge in [-0.25, -0.2) is 13.8 Å². The van der Waals surface area contributed by atoms with Crippen molar-refractivity contribution >= 4 is 11.8 Å². The first-order valence-corrected chi connectivity index (χ1v) is 13.0. The van der Waals surface area contributed by atoms with Gasteiger partial charge in [-0.15, -0.1) is 0 Å². The number of nitrogens with zero attached hydrogens (tertiary/aromatic N) is 2. The number of aromatic nitrogens is 2. The van der Waals surface area contributed by atoms with E-state index < -0.39 is 17.7 Å². The normalized spacial score (nSPS) is 15.2. The van der Waals surface area contributed by atoms with Gasteiger partial charge in [0, 0.05) is 37.5 Å². The molecule has 2 aromatic carbocycles. The lowest BCUT2D eigenvalue weighted by Crippen LogP contribution is -2.64. The molecule has 2 heterocycles. The summed E-state index contributed by atoms with van der Waals surface area (Å²) in [6, 6.07) is 13.0. The van der Waals surface area contributed by atoms with Crippen molar-refractivity contribution in [3.05, 3.63) is 89.5 Å². The first-order valence-electron chi connectivity index (χ1n) is 13.0. The van der Waals surface area contributed by atoms with Gasteiger partial charge in [0.1, 0.15) is 6.04 Å². The number of unbranched alkanes of at least 4 members (excludes halogenated alkanes) is 2. The van der Waals surface area contributed by atoms with Crippen molar-refractivity contribution in [2.75, 3.05) is 13.1 Å². The highest BCUT2D eigenvalue weighted by molar-refractivity contribution is 5.88. The van der Waals surface area contributed by atoms with Crippen molar-refractivity contribution < 1.29 is 18.4 Å². The zero-order chi connectivity index (χ0) is 26.3. The monoisotopic (exact) mass is 508 g/mol. The molecule has 8 heteroatoms. The smallest absolute Gasteiger partial charge is 0.245 e. The fourth-order valence-corrected chi connectivity index (χ4v) is 5.09. The van der Waals surface area contributed by atoms with E-state index in [2.05, 4.69) is 34.3 Å². The number of carbonyl (C=O) groups excluding carboxylic acids is 2. The van der Waals surface area contributed by atoms with E-state index in [0.717, 1.165) is 43.5 Å². The van der Waals surface area contributed by atoms with Crippen LogP contribution in [0.25, 0.3) is 0 Å². The summed E-state index contributed by atoms with van der Waals surface area (Å²) in [5.41, 5.74) is 2.31. The molecule has 1 aliphatic heterocycles. The highest BCUT2D eigenvalue weighted by Gasteiger charge is 2.47. The third-order valence-corrected chi connectivity index (χ3v) is 7.16. The molecule has 1 aromatic heterocycles. The molecule has 1 fully saturated rings.